The Morgan fingerprint density at radius 1 is 1.30 bits per heavy atom. The third kappa shape index (κ3) is 4.80. The topological polar surface area (TPSA) is 131 Å². The number of hydrogen-bond donors (Lipinski definition) is 3. The second-order valence-electron chi connectivity index (χ2n) is 5.78. The van der Waals surface area contributed by atoms with E-state index < -0.39 is 10.8 Å². The third-order valence-electron chi connectivity index (χ3n) is 3.93. The molecule has 1 fully saturated rings. The number of nitro groups is 1. The van der Waals surface area contributed by atoms with E-state index in [-0.39, 0.29) is 23.4 Å². The smallest absolute Gasteiger partial charge is 0.354 e. The fourth-order valence-corrected chi connectivity index (χ4v) is 2.70. The number of carbonyl (C=O) groups excluding carboxylic acids is 1. The average molecular weight is 393 g/mol. The number of benzene rings is 1. The first-order valence-electron chi connectivity index (χ1n) is 8.21. The summed E-state index contributed by atoms with van der Waals surface area (Å²) in [5, 5.41) is 14.9. The molecule has 10 nitrogen and oxygen atoms in total. The summed E-state index contributed by atoms with van der Waals surface area (Å²) in [7, 11) is 0. The van der Waals surface area contributed by atoms with E-state index in [1.807, 2.05) is 0 Å². The van der Waals surface area contributed by atoms with E-state index in [2.05, 4.69) is 26.1 Å². The van der Waals surface area contributed by atoms with Crippen molar-refractivity contribution in [2.45, 2.75) is 18.9 Å². The third-order valence-corrected chi connectivity index (χ3v) is 4.18. The Hall–Kier alpha value is -2.98. The lowest BCUT2D eigenvalue weighted by Crippen LogP contribution is -2.30. The summed E-state index contributed by atoms with van der Waals surface area (Å²) in [5.74, 6) is -0.575. The Morgan fingerprint density at radius 2 is 2.04 bits per heavy atom. The highest BCUT2D eigenvalue weighted by atomic mass is 35.5. The minimum Gasteiger partial charge on any atom is -0.376 e. The van der Waals surface area contributed by atoms with Gasteiger partial charge in [0.15, 0.2) is 0 Å². The number of aromatic nitrogens is 2. The maximum absolute atomic E-state index is 12.1. The van der Waals surface area contributed by atoms with Crippen LogP contribution in [-0.4, -0.2) is 40.1 Å². The molecule has 0 spiro atoms. The lowest BCUT2D eigenvalue weighted by Gasteiger charge is -2.13. The van der Waals surface area contributed by atoms with Crippen LogP contribution >= 0.6 is 11.6 Å². The van der Waals surface area contributed by atoms with Gasteiger partial charge in [-0.1, -0.05) is 11.6 Å². The molecule has 11 heteroatoms. The molecule has 3 rings (SSSR count). The molecular formula is C16H17ClN6O4. The largest absolute Gasteiger partial charge is 0.376 e. The molecule has 0 aliphatic carbocycles. The van der Waals surface area contributed by atoms with E-state index in [1.54, 1.807) is 12.1 Å². The van der Waals surface area contributed by atoms with E-state index >= 15 is 0 Å². The molecule has 2 heterocycles. The van der Waals surface area contributed by atoms with E-state index in [9.17, 15) is 14.9 Å². The molecule has 1 unspecified atom stereocenters. The quantitative estimate of drug-likeness (QED) is 0.483. The van der Waals surface area contributed by atoms with Gasteiger partial charge in [0.2, 0.25) is 11.6 Å². The minimum absolute atomic E-state index is 0.0133. The number of carbonyl (C=O) groups is 1. The summed E-state index contributed by atoms with van der Waals surface area (Å²) in [6.07, 6.45) is 3.00. The number of nitrogens with zero attached hydrogens (tertiary/aromatic N) is 3. The fraction of sp³-hybridized carbons (Fsp3) is 0.312. The minimum atomic E-state index is -0.616. The monoisotopic (exact) mass is 392 g/mol. The van der Waals surface area contributed by atoms with Crippen molar-refractivity contribution in [2.24, 2.45) is 0 Å². The van der Waals surface area contributed by atoms with Gasteiger partial charge in [0.05, 0.1) is 11.0 Å². The molecule has 1 amide bonds. The van der Waals surface area contributed by atoms with Crippen LogP contribution in [-0.2, 0) is 4.74 Å². The number of hydrogen-bond acceptors (Lipinski definition) is 8. The van der Waals surface area contributed by atoms with Gasteiger partial charge in [-0.15, -0.1) is 0 Å². The van der Waals surface area contributed by atoms with Gasteiger partial charge >= 0.3 is 5.69 Å². The molecule has 142 valence electrons. The second-order valence-corrected chi connectivity index (χ2v) is 6.21. The van der Waals surface area contributed by atoms with Gasteiger partial charge in [-0.2, -0.15) is 0 Å². The molecule has 1 aliphatic heterocycles. The Morgan fingerprint density at radius 3 is 2.70 bits per heavy atom. The van der Waals surface area contributed by atoms with Crippen molar-refractivity contribution in [3.8, 4) is 0 Å². The molecule has 2 aromatic rings. The van der Waals surface area contributed by atoms with Crippen LogP contribution in [0.5, 0.6) is 0 Å². The SMILES string of the molecule is O=C(NNc1ncnc(NCC2CCCO2)c1[N+](=O)[O-])c1ccc(Cl)cc1. The highest BCUT2D eigenvalue weighted by Gasteiger charge is 2.25. The maximum Gasteiger partial charge on any atom is 0.354 e. The lowest BCUT2D eigenvalue weighted by atomic mass is 10.2. The molecule has 1 atom stereocenters. The number of ether oxygens (including phenoxy) is 1. The zero-order valence-corrected chi connectivity index (χ0v) is 14.9. The van der Waals surface area contributed by atoms with Gasteiger partial charge in [-0.3, -0.25) is 25.8 Å². The number of rotatable bonds is 7. The first kappa shape index (κ1) is 18.8. The van der Waals surface area contributed by atoms with Crippen LogP contribution in [0, 0.1) is 10.1 Å². The van der Waals surface area contributed by atoms with Crippen LogP contribution in [0.1, 0.15) is 23.2 Å². The van der Waals surface area contributed by atoms with Crippen LogP contribution in [0.2, 0.25) is 5.02 Å². The van der Waals surface area contributed by atoms with Crippen molar-refractivity contribution in [3.63, 3.8) is 0 Å². The Kier molecular flexibility index (Phi) is 5.99. The fourth-order valence-electron chi connectivity index (χ4n) is 2.58. The van der Waals surface area contributed by atoms with Gasteiger partial charge < -0.3 is 10.1 Å². The summed E-state index contributed by atoms with van der Waals surface area (Å²) in [4.78, 5) is 30.8. The highest BCUT2D eigenvalue weighted by molar-refractivity contribution is 6.30. The van der Waals surface area contributed by atoms with Crippen LogP contribution in [0.3, 0.4) is 0 Å². The standard InChI is InChI=1S/C16H17ClN6O4/c17-11-5-3-10(4-6-11)16(24)22-21-15-13(23(25)26)14(19-9-20-15)18-8-12-2-1-7-27-12/h3-6,9,12H,1-2,7-8H2,(H,22,24)(H2,18,19,20,21). The molecule has 0 bridgehead atoms. The lowest BCUT2D eigenvalue weighted by molar-refractivity contribution is -0.383. The predicted octanol–water partition coefficient (Wildman–Crippen LogP) is 2.39. The summed E-state index contributed by atoms with van der Waals surface area (Å²) in [6.45, 7) is 1.08. The van der Waals surface area contributed by atoms with Crippen molar-refractivity contribution in [1.29, 1.82) is 0 Å². The summed E-state index contributed by atoms with van der Waals surface area (Å²) in [6, 6.07) is 6.19. The van der Waals surface area contributed by atoms with E-state index in [0.717, 1.165) is 12.8 Å². The van der Waals surface area contributed by atoms with Crippen LogP contribution in [0.4, 0.5) is 17.3 Å². The number of nitrogens with one attached hydrogen (secondary N) is 3. The van der Waals surface area contributed by atoms with E-state index in [1.165, 1.54) is 18.5 Å². The molecule has 0 saturated carbocycles. The summed E-state index contributed by atoms with van der Waals surface area (Å²) in [5.41, 5.74) is 4.82. The van der Waals surface area contributed by atoms with Crippen molar-refractivity contribution in [2.75, 3.05) is 23.9 Å². The zero-order valence-electron chi connectivity index (χ0n) is 14.1. The Bertz CT molecular complexity index is 826. The molecule has 0 radical (unpaired) electrons. The molecule has 1 aliphatic rings. The number of anilines is 2. The molecule has 1 saturated heterocycles. The molecule has 27 heavy (non-hydrogen) atoms. The molecule has 1 aromatic carbocycles. The first-order chi connectivity index (χ1) is 13.0. The van der Waals surface area contributed by atoms with Crippen molar-refractivity contribution in [3.05, 3.63) is 51.3 Å². The average Bonchev–Trinajstić information content (AvgIpc) is 3.18. The van der Waals surface area contributed by atoms with Crippen LogP contribution < -0.4 is 16.2 Å². The van der Waals surface area contributed by atoms with Crippen LogP contribution in [0.15, 0.2) is 30.6 Å². The molecular weight excluding hydrogens is 376 g/mol. The second kappa shape index (κ2) is 8.60. The molecule has 3 N–H and O–H groups in total. The van der Waals surface area contributed by atoms with Crippen LogP contribution in [0.25, 0.3) is 0 Å². The zero-order chi connectivity index (χ0) is 19.2. The van der Waals surface area contributed by atoms with Crippen molar-refractivity contribution in [1.82, 2.24) is 15.4 Å². The normalized spacial score (nSPS) is 16.0. The maximum atomic E-state index is 12.1. The van der Waals surface area contributed by atoms with E-state index in [0.29, 0.717) is 23.7 Å². The number of amides is 1. The van der Waals surface area contributed by atoms with Crippen molar-refractivity contribution < 1.29 is 14.5 Å². The van der Waals surface area contributed by atoms with Gasteiger partial charge in [0.25, 0.3) is 5.91 Å². The predicted molar refractivity (Wildman–Crippen MR) is 98.7 cm³/mol. The van der Waals surface area contributed by atoms with Crippen molar-refractivity contribution >= 4 is 34.8 Å². The number of hydrazine groups is 1. The van der Waals surface area contributed by atoms with Gasteiger partial charge in [-0.25, -0.2) is 9.97 Å². The Balaban J connectivity index is 1.70. The van der Waals surface area contributed by atoms with Gasteiger partial charge in [-0.05, 0) is 37.1 Å². The van der Waals surface area contributed by atoms with E-state index in [4.69, 9.17) is 16.3 Å². The summed E-state index contributed by atoms with van der Waals surface area (Å²) >= 11 is 5.78. The highest BCUT2D eigenvalue weighted by Crippen LogP contribution is 2.28. The van der Waals surface area contributed by atoms with Gasteiger partial charge in [0.1, 0.15) is 6.33 Å². The Labute approximate surface area is 159 Å². The summed E-state index contributed by atoms with van der Waals surface area (Å²) < 4.78 is 5.48. The first-order valence-corrected chi connectivity index (χ1v) is 8.59. The molecule has 1 aromatic heterocycles. The number of halogens is 1. The van der Waals surface area contributed by atoms with Gasteiger partial charge in [0, 0.05) is 23.7 Å².